The van der Waals surface area contributed by atoms with Crippen LogP contribution in [0.15, 0.2) is 46.0 Å². The molecule has 0 aliphatic rings. The predicted molar refractivity (Wildman–Crippen MR) is 121 cm³/mol. The SMILES string of the molecule is CCN(Cc1ccc(OC)c(OC)c1)C(=O)CSc1nnc(-c2cc(C)cc(C)c2)o1. The molecule has 0 aliphatic carbocycles. The van der Waals surface area contributed by atoms with Crippen LogP contribution in [0, 0.1) is 13.8 Å². The Balaban J connectivity index is 1.62. The van der Waals surface area contributed by atoms with Gasteiger partial charge >= 0.3 is 0 Å². The normalized spacial score (nSPS) is 10.7. The van der Waals surface area contributed by atoms with Gasteiger partial charge in [0.2, 0.25) is 11.8 Å². The molecule has 3 rings (SSSR count). The number of carbonyl (C=O) groups is 1. The van der Waals surface area contributed by atoms with Crippen LogP contribution >= 0.6 is 11.8 Å². The molecule has 0 unspecified atom stereocenters. The van der Waals surface area contributed by atoms with Crippen LogP contribution in [0.4, 0.5) is 0 Å². The molecule has 0 fully saturated rings. The van der Waals surface area contributed by atoms with Crippen molar-refractivity contribution in [3.05, 3.63) is 53.1 Å². The first kappa shape index (κ1) is 22.7. The second kappa shape index (κ2) is 10.3. The second-order valence-electron chi connectivity index (χ2n) is 7.14. The Bertz CT molecular complexity index is 1030. The highest BCUT2D eigenvalue weighted by molar-refractivity contribution is 7.99. The molecule has 7 nitrogen and oxygen atoms in total. The lowest BCUT2D eigenvalue weighted by atomic mass is 10.1. The summed E-state index contributed by atoms with van der Waals surface area (Å²) >= 11 is 1.24. The largest absolute Gasteiger partial charge is 0.493 e. The van der Waals surface area contributed by atoms with Crippen LogP contribution in [0.5, 0.6) is 11.5 Å². The van der Waals surface area contributed by atoms with Gasteiger partial charge in [0.1, 0.15) is 0 Å². The molecule has 0 N–H and O–H groups in total. The Morgan fingerprint density at radius 2 is 1.74 bits per heavy atom. The average Bonchev–Trinajstić information content (AvgIpc) is 3.24. The van der Waals surface area contributed by atoms with E-state index in [-0.39, 0.29) is 11.7 Å². The fourth-order valence-corrected chi connectivity index (χ4v) is 3.94. The zero-order valence-corrected chi connectivity index (χ0v) is 19.3. The first-order valence-corrected chi connectivity index (χ1v) is 11.0. The molecule has 1 amide bonds. The predicted octanol–water partition coefficient (Wildman–Crippen LogP) is 4.51. The van der Waals surface area contributed by atoms with Crippen molar-refractivity contribution in [2.45, 2.75) is 32.5 Å². The number of nitrogens with zero attached hydrogens (tertiary/aromatic N) is 3. The molecule has 0 saturated heterocycles. The molecule has 8 heteroatoms. The van der Waals surface area contributed by atoms with Gasteiger partial charge in [-0.05, 0) is 50.6 Å². The smallest absolute Gasteiger partial charge is 0.277 e. The number of hydrogen-bond acceptors (Lipinski definition) is 7. The van der Waals surface area contributed by atoms with Crippen LogP contribution in [-0.4, -0.2) is 47.5 Å². The van der Waals surface area contributed by atoms with E-state index in [4.69, 9.17) is 13.9 Å². The summed E-state index contributed by atoms with van der Waals surface area (Å²) in [6, 6.07) is 11.7. The maximum atomic E-state index is 12.8. The lowest BCUT2D eigenvalue weighted by molar-refractivity contribution is -0.128. The Morgan fingerprint density at radius 1 is 1.03 bits per heavy atom. The van der Waals surface area contributed by atoms with E-state index >= 15 is 0 Å². The first-order chi connectivity index (χ1) is 14.9. The summed E-state index contributed by atoms with van der Waals surface area (Å²) in [6.07, 6.45) is 0. The highest BCUT2D eigenvalue weighted by Gasteiger charge is 2.17. The van der Waals surface area contributed by atoms with Gasteiger partial charge in [-0.25, -0.2) is 0 Å². The first-order valence-electron chi connectivity index (χ1n) is 9.97. The van der Waals surface area contributed by atoms with Crippen LogP contribution in [-0.2, 0) is 11.3 Å². The van der Waals surface area contributed by atoms with Crippen molar-refractivity contribution in [1.29, 1.82) is 0 Å². The third-order valence-electron chi connectivity index (χ3n) is 4.75. The van der Waals surface area contributed by atoms with E-state index in [2.05, 4.69) is 16.3 Å². The van der Waals surface area contributed by atoms with Gasteiger partial charge in [0.05, 0.1) is 20.0 Å². The Hall–Kier alpha value is -3.00. The molecule has 0 spiro atoms. The van der Waals surface area contributed by atoms with Gasteiger partial charge in [-0.2, -0.15) is 0 Å². The molecule has 31 heavy (non-hydrogen) atoms. The number of hydrogen-bond donors (Lipinski definition) is 0. The number of rotatable bonds is 9. The van der Waals surface area contributed by atoms with Crippen LogP contribution in [0.1, 0.15) is 23.6 Å². The number of aryl methyl sites for hydroxylation is 2. The van der Waals surface area contributed by atoms with Gasteiger partial charge in [-0.3, -0.25) is 4.79 Å². The van der Waals surface area contributed by atoms with Crippen molar-refractivity contribution in [3.8, 4) is 23.0 Å². The minimum absolute atomic E-state index is 0.00608. The molecular weight excluding hydrogens is 414 g/mol. The molecule has 0 aliphatic heterocycles. The standard InChI is InChI=1S/C23H27N3O4S/c1-6-26(13-17-7-8-19(28-4)20(12-17)29-5)21(27)14-31-23-25-24-22(30-23)18-10-15(2)9-16(3)11-18/h7-12H,6,13-14H2,1-5H3. The highest BCUT2D eigenvalue weighted by atomic mass is 32.2. The number of carbonyl (C=O) groups excluding carboxylic acids is 1. The van der Waals surface area contributed by atoms with Crippen molar-refractivity contribution in [2.75, 3.05) is 26.5 Å². The van der Waals surface area contributed by atoms with Crippen molar-refractivity contribution in [2.24, 2.45) is 0 Å². The number of ether oxygens (including phenoxy) is 2. The van der Waals surface area contributed by atoms with Gasteiger partial charge in [0.25, 0.3) is 5.22 Å². The van der Waals surface area contributed by atoms with Gasteiger partial charge in [0, 0.05) is 18.7 Å². The number of benzene rings is 2. The summed E-state index contributed by atoms with van der Waals surface area (Å²) in [4.78, 5) is 14.5. The van der Waals surface area contributed by atoms with Gasteiger partial charge in [-0.1, -0.05) is 35.0 Å². The third kappa shape index (κ3) is 5.79. The summed E-state index contributed by atoms with van der Waals surface area (Å²) in [5.41, 5.74) is 4.11. The highest BCUT2D eigenvalue weighted by Crippen LogP contribution is 2.28. The third-order valence-corrected chi connectivity index (χ3v) is 5.55. The van der Waals surface area contributed by atoms with E-state index in [0.717, 1.165) is 22.3 Å². The van der Waals surface area contributed by atoms with Crippen LogP contribution in [0.2, 0.25) is 0 Å². The molecule has 1 aromatic heterocycles. The monoisotopic (exact) mass is 441 g/mol. The fraction of sp³-hybridized carbons (Fsp3) is 0.348. The van der Waals surface area contributed by atoms with E-state index in [1.54, 1.807) is 19.1 Å². The van der Waals surface area contributed by atoms with E-state index < -0.39 is 0 Å². The van der Waals surface area contributed by atoms with Gasteiger partial charge in [0.15, 0.2) is 11.5 Å². The zero-order valence-electron chi connectivity index (χ0n) is 18.5. The summed E-state index contributed by atoms with van der Waals surface area (Å²) in [6.45, 7) is 7.07. The summed E-state index contributed by atoms with van der Waals surface area (Å²) in [5.74, 6) is 1.97. The van der Waals surface area contributed by atoms with Crippen molar-refractivity contribution < 1.29 is 18.7 Å². The minimum Gasteiger partial charge on any atom is -0.493 e. The molecule has 0 saturated carbocycles. The quantitative estimate of drug-likeness (QED) is 0.452. The van der Waals surface area contributed by atoms with Gasteiger partial charge in [-0.15, -0.1) is 10.2 Å². The number of thioether (sulfide) groups is 1. The molecule has 2 aromatic carbocycles. The maximum absolute atomic E-state index is 12.8. The molecule has 0 bridgehead atoms. The molecule has 164 valence electrons. The molecule has 0 radical (unpaired) electrons. The van der Waals surface area contributed by atoms with Crippen LogP contribution in [0.25, 0.3) is 11.5 Å². The van der Waals surface area contributed by atoms with E-state index in [1.807, 2.05) is 51.1 Å². The van der Waals surface area contributed by atoms with Crippen molar-refractivity contribution in [1.82, 2.24) is 15.1 Å². The molecular formula is C23H27N3O4S. The van der Waals surface area contributed by atoms with Crippen molar-refractivity contribution >= 4 is 17.7 Å². The van der Waals surface area contributed by atoms with Crippen LogP contribution < -0.4 is 9.47 Å². The van der Waals surface area contributed by atoms with Gasteiger partial charge < -0.3 is 18.8 Å². The lowest BCUT2D eigenvalue weighted by Crippen LogP contribution is -2.31. The zero-order chi connectivity index (χ0) is 22.4. The number of amides is 1. The van der Waals surface area contributed by atoms with E-state index in [0.29, 0.717) is 35.7 Å². The topological polar surface area (TPSA) is 77.7 Å². The number of aromatic nitrogens is 2. The fourth-order valence-electron chi connectivity index (χ4n) is 3.27. The molecule has 3 aromatic rings. The Labute approximate surface area is 186 Å². The van der Waals surface area contributed by atoms with Crippen molar-refractivity contribution in [3.63, 3.8) is 0 Å². The van der Waals surface area contributed by atoms with E-state index in [9.17, 15) is 4.79 Å². The lowest BCUT2D eigenvalue weighted by Gasteiger charge is -2.21. The Kier molecular flexibility index (Phi) is 7.57. The minimum atomic E-state index is -0.00608. The summed E-state index contributed by atoms with van der Waals surface area (Å²) in [7, 11) is 3.19. The second-order valence-corrected chi connectivity index (χ2v) is 8.06. The number of methoxy groups -OCH3 is 2. The molecule has 0 atom stereocenters. The molecule has 1 heterocycles. The summed E-state index contributed by atoms with van der Waals surface area (Å²) in [5, 5.41) is 8.59. The Morgan fingerprint density at radius 3 is 2.39 bits per heavy atom. The summed E-state index contributed by atoms with van der Waals surface area (Å²) < 4.78 is 16.4. The maximum Gasteiger partial charge on any atom is 0.277 e. The average molecular weight is 442 g/mol. The van der Waals surface area contributed by atoms with E-state index in [1.165, 1.54) is 11.8 Å². The van der Waals surface area contributed by atoms with Crippen LogP contribution in [0.3, 0.4) is 0 Å².